The van der Waals surface area contributed by atoms with Crippen LogP contribution in [0, 0.1) is 13.8 Å². The summed E-state index contributed by atoms with van der Waals surface area (Å²) >= 11 is 0. The molecule has 0 bridgehead atoms. The van der Waals surface area contributed by atoms with Crippen LogP contribution >= 0.6 is 0 Å². The molecule has 0 fully saturated rings. The van der Waals surface area contributed by atoms with E-state index in [2.05, 4.69) is 5.32 Å². The van der Waals surface area contributed by atoms with Crippen molar-refractivity contribution < 1.29 is 22.7 Å². The summed E-state index contributed by atoms with van der Waals surface area (Å²) in [7, 11) is -1.90. The third-order valence-corrected chi connectivity index (χ3v) is 5.96. The minimum absolute atomic E-state index is 0.136. The maximum atomic E-state index is 12.1. The second-order valence-electron chi connectivity index (χ2n) is 7.03. The SMILES string of the molecule is COc1ccc(N(CCCC(=O)NCCOc2cccc(C)c2C)S(C)(=O)=O)cc1. The fraction of sp³-hybridized carbons (Fsp3) is 0.409. The fourth-order valence-corrected chi connectivity index (χ4v) is 3.90. The third-order valence-electron chi connectivity index (χ3n) is 4.76. The topological polar surface area (TPSA) is 84.9 Å². The molecule has 7 nitrogen and oxygen atoms in total. The van der Waals surface area contributed by atoms with Crippen molar-refractivity contribution in [2.45, 2.75) is 26.7 Å². The Balaban J connectivity index is 1.77. The largest absolute Gasteiger partial charge is 0.497 e. The second-order valence-corrected chi connectivity index (χ2v) is 8.94. The summed E-state index contributed by atoms with van der Waals surface area (Å²) in [6.45, 7) is 5.00. The lowest BCUT2D eigenvalue weighted by Gasteiger charge is -2.22. The number of ether oxygens (including phenoxy) is 2. The van der Waals surface area contributed by atoms with Gasteiger partial charge in [-0.05, 0) is 61.7 Å². The molecule has 1 amide bonds. The van der Waals surface area contributed by atoms with Gasteiger partial charge in [-0.1, -0.05) is 12.1 Å². The number of sulfonamides is 1. The summed E-state index contributed by atoms with van der Waals surface area (Å²) in [5.74, 6) is 1.32. The Morgan fingerprint density at radius 1 is 1.10 bits per heavy atom. The molecule has 0 radical (unpaired) electrons. The molecule has 8 heteroatoms. The van der Waals surface area contributed by atoms with Crippen molar-refractivity contribution in [1.29, 1.82) is 0 Å². The molecule has 0 spiro atoms. The van der Waals surface area contributed by atoms with E-state index in [1.54, 1.807) is 31.4 Å². The van der Waals surface area contributed by atoms with E-state index < -0.39 is 10.0 Å². The van der Waals surface area contributed by atoms with Crippen molar-refractivity contribution in [3.63, 3.8) is 0 Å². The number of aryl methyl sites for hydroxylation is 1. The molecule has 30 heavy (non-hydrogen) atoms. The molecular weight excluding hydrogens is 404 g/mol. The van der Waals surface area contributed by atoms with Gasteiger partial charge in [0.25, 0.3) is 0 Å². The number of nitrogens with zero attached hydrogens (tertiary/aromatic N) is 1. The van der Waals surface area contributed by atoms with Gasteiger partial charge >= 0.3 is 0 Å². The number of nitrogens with one attached hydrogen (secondary N) is 1. The van der Waals surface area contributed by atoms with Gasteiger partial charge in [0.2, 0.25) is 15.9 Å². The quantitative estimate of drug-likeness (QED) is 0.550. The predicted octanol–water partition coefficient (Wildman–Crippen LogP) is 3.05. The minimum atomic E-state index is -3.45. The molecule has 2 rings (SSSR count). The number of hydrogen-bond acceptors (Lipinski definition) is 5. The molecule has 164 valence electrons. The van der Waals surface area contributed by atoms with E-state index in [1.165, 1.54) is 4.31 Å². The number of amides is 1. The highest BCUT2D eigenvalue weighted by Gasteiger charge is 2.17. The van der Waals surface area contributed by atoms with Crippen LogP contribution in [-0.4, -0.2) is 47.4 Å². The van der Waals surface area contributed by atoms with Crippen LogP contribution in [0.5, 0.6) is 11.5 Å². The van der Waals surface area contributed by atoms with Crippen LogP contribution in [0.2, 0.25) is 0 Å². The summed E-state index contributed by atoms with van der Waals surface area (Å²) in [6, 6.07) is 12.6. The molecule has 0 saturated heterocycles. The molecule has 0 aromatic heterocycles. The summed E-state index contributed by atoms with van der Waals surface area (Å²) in [4.78, 5) is 12.1. The average molecular weight is 435 g/mol. The highest BCUT2D eigenvalue weighted by Crippen LogP contribution is 2.22. The van der Waals surface area contributed by atoms with Crippen LogP contribution < -0.4 is 19.1 Å². The molecule has 0 unspecified atom stereocenters. The Morgan fingerprint density at radius 2 is 1.80 bits per heavy atom. The molecule has 0 heterocycles. The van der Waals surface area contributed by atoms with Crippen LogP contribution in [0.4, 0.5) is 5.69 Å². The maximum absolute atomic E-state index is 12.1. The summed E-state index contributed by atoms with van der Waals surface area (Å²) in [6.07, 6.45) is 1.79. The summed E-state index contributed by atoms with van der Waals surface area (Å²) in [5, 5.41) is 2.81. The van der Waals surface area contributed by atoms with Gasteiger partial charge in [0.1, 0.15) is 18.1 Å². The molecule has 0 aliphatic heterocycles. The van der Waals surface area contributed by atoms with Gasteiger partial charge in [-0.25, -0.2) is 8.42 Å². The molecule has 2 aromatic rings. The second kappa shape index (κ2) is 10.9. The first-order valence-electron chi connectivity index (χ1n) is 9.80. The zero-order valence-corrected chi connectivity index (χ0v) is 18.8. The highest BCUT2D eigenvalue weighted by atomic mass is 32.2. The van der Waals surface area contributed by atoms with Crippen molar-refractivity contribution in [2.24, 2.45) is 0 Å². The molecule has 0 aliphatic carbocycles. The van der Waals surface area contributed by atoms with Crippen molar-refractivity contribution in [1.82, 2.24) is 5.32 Å². The first kappa shape index (κ1) is 23.5. The van der Waals surface area contributed by atoms with Gasteiger partial charge in [-0.15, -0.1) is 0 Å². The van der Waals surface area contributed by atoms with E-state index in [0.29, 0.717) is 31.0 Å². The number of rotatable bonds is 11. The Labute approximate surface area is 179 Å². The normalized spacial score (nSPS) is 11.1. The van der Waals surface area contributed by atoms with Crippen molar-refractivity contribution >= 4 is 21.6 Å². The monoisotopic (exact) mass is 434 g/mol. The number of carbonyl (C=O) groups is 1. The van der Waals surface area contributed by atoms with E-state index in [-0.39, 0.29) is 18.9 Å². The lowest BCUT2D eigenvalue weighted by molar-refractivity contribution is -0.121. The van der Waals surface area contributed by atoms with Gasteiger partial charge in [-0.3, -0.25) is 9.10 Å². The first-order chi connectivity index (χ1) is 14.2. The molecule has 2 aromatic carbocycles. The van der Waals surface area contributed by atoms with Gasteiger partial charge in [0, 0.05) is 13.0 Å². The molecule has 0 atom stereocenters. The fourth-order valence-electron chi connectivity index (χ4n) is 2.94. The zero-order valence-electron chi connectivity index (χ0n) is 18.0. The number of anilines is 1. The molecule has 1 N–H and O–H groups in total. The van der Waals surface area contributed by atoms with Crippen LogP contribution in [0.25, 0.3) is 0 Å². The van der Waals surface area contributed by atoms with Crippen LogP contribution in [0.1, 0.15) is 24.0 Å². The number of benzene rings is 2. The Hall–Kier alpha value is -2.74. The lowest BCUT2D eigenvalue weighted by Crippen LogP contribution is -2.32. The van der Waals surface area contributed by atoms with E-state index in [4.69, 9.17) is 9.47 Å². The van der Waals surface area contributed by atoms with Crippen molar-refractivity contribution in [3.05, 3.63) is 53.6 Å². The molecular formula is C22H30N2O5S. The number of methoxy groups -OCH3 is 1. The van der Waals surface area contributed by atoms with Gasteiger partial charge in [-0.2, -0.15) is 0 Å². The Morgan fingerprint density at radius 3 is 2.43 bits per heavy atom. The predicted molar refractivity (Wildman–Crippen MR) is 119 cm³/mol. The number of hydrogen-bond donors (Lipinski definition) is 1. The first-order valence-corrected chi connectivity index (χ1v) is 11.6. The van der Waals surface area contributed by atoms with Crippen LogP contribution in [-0.2, 0) is 14.8 Å². The van der Waals surface area contributed by atoms with E-state index >= 15 is 0 Å². The Bertz CT molecular complexity index is 943. The highest BCUT2D eigenvalue weighted by molar-refractivity contribution is 7.92. The smallest absolute Gasteiger partial charge is 0.232 e. The zero-order chi connectivity index (χ0) is 22.1. The average Bonchev–Trinajstić information content (AvgIpc) is 2.71. The van der Waals surface area contributed by atoms with E-state index in [9.17, 15) is 13.2 Å². The van der Waals surface area contributed by atoms with E-state index in [1.807, 2.05) is 32.0 Å². The third kappa shape index (κ3) is 6.95. The molecule has 0 saturated carbocycles. The van der Waals surface area contributed by atoms with Crippen molar-refractivity contribution in [2.75, 3.05) is 37.4 Å². The minimum Gasteiger partial charge on any atom is -0.497 e. The van der Waals surface area contributed by atoms with Crippen LogP contribution in [0.3, 0.4) is 0 Å². The van der Waals surface area contributed by atoms with E-state index in [0.717, 1.165) is 23.1 Å². The maximum Gasteiger partial charge on any atom is 0.232 e. The van der Waals surface area contributed by atoms with Gasteiger partial charge < -0.3 is 14.8 Å². The van der Waals surface area contributed by atoms with Crippen LogP contribution in [0.15, 0.2) is 42.5 Å². The van der Waals surface area contributed by atoms with Crippen molar-refractivity contribution in [3.8, 4) is 11.5 Å². The molecule has 0 aliphatic rings. The van der Waals surface area contributed by atoms with Gasteiger partial charge in [0.15, 0.2) is 0 Å². The summed E-state index contributed by atoms with van der Waals surface area (Å²) in [5.41, 5.74) is 2.78. The van der Waals surface area contributed by atoms with Gasteiger partial charge in [0.05, 0.1) is 25.6 Å². The standard InChI is InChI=1S/C22H30N2O5S/c1-17-7-5-8-21(18(17)2)29-16-14-23-22(25)9-6-15-24(30(4,26)27)19-10-12-20(28-3)13-11-19/h5,7-8,10-13H,6,9,14-16H2,1-4H3,(H,23,25). The number of carbonyl (C=O) groups excluding carboxylic acids is 1. The lowest BCUT2D eigenvalue weighted by atomic mass is 10.1. The Kier molecular flexibility index (Phi) is 8.53. The summed E-state index contributed by atoms with van der Waals surface area (Å²) < 4.78 is 36.4.